The highest BCUT2D eigenvalue weighted by molar-refractivity contribution is 5.30. The second-order valence-corrected chi connectivity index (χ2v) is 4.72. The Hall–Kier alpha value is -1.58. The van der Waals surface area contributed by atoms with Crippen molar-refractivity contribution in [3.63, 3.8) is 0 Å². The van der Waals surface area contributed by atoms with Crippen molar-refractivity contribution in [2.75, 3.05) is 13.2 Å². The summed E-state index contributed by atoms with van der Waals surface area (Å²) >= 11 is 0. The lowest BCUT2D eigenvalue weighted by Crippen LogP contribution is -2.37. The van der Waals surface area contributed by atoms with Gasteiger partial charge in [0.15, 0.2) is 0 Å². The van der Waals surface area contributed by atoms with Gasteiger partial charge in [0.2, 0.25) is 0 Å². The minimum absolute atomic E-state index is 0.118. The fourth-order valence-electron chi connectivity index (χ4n) is 2.10. The van der Waals surface area contributed by atoms with Crippen LogP contribution in [0, 0.1) is 6.92 Å². The Kier molecular flexibility index (Phi) is 3.84. The van der Waals surface area contributed by atoms with Gasteiger partial charge in [0, 0.05) is 11.8 Å². The number of hydrogen-bond acceptors (Lipinski definition) is 3. The number of benzene rings is 1. The molecule has 96 valence electrons. The lowest BCUT2D eigenvalue weighted by Gasteiger charge is -2.29. The highest BCUT2D eigenvalue weighted by atomic mass is 16.3. The quantitative estimate of drug-likeness (QED) is 0.849. The van der Waals surface area contributed by atoms with Gasteiger partial charge >= 0.3 is 0 Å². The van der Waals surface area contributed by atoms with E-state index in [4.69, 9.17) is 4.42 Å². The van der Waals surface area contributed by atoms with E-state index in [1.165, 1.54) is 0 Å². The predicted octanol–water partition coefficient (Wildman–Crippen LogP) is 2.05. The molecule has 0 amide bonds. The van der Waals surface area contributed by atoms with Crippen LogP contribution in [0.25, 0.3) is 0 Å². The van der Waals surface area contributed by atoms with Crippen LogP contribution in [0.2, 0.25) is 0 Å². The van der Waals surface area contributed by atoms with Crippen LogP contribution in [0.3, 0.4) is 0 Å². The van der Waals surface area contributed by atoms with E-state index < -0.39 is 5.41 Å². The van der Waals surface area contributed by atoms with Crippen LogP contribution in [-0.2, 0) is 11.8 Å². The summed E-state index contributed by atoms with van der Waals surface area (Å²) in [5, 5.41) is 19.4. The summed E-state index contributed by atoms with van der Waals surface area (Å²) in [6.45, 7) is 1.77. The van der Waals surface area contributed by atoms with Gasteiger partial charge in [-0.3, -0.25) is 0 Å². The van der Waals surface area contributed by atoms with Crippen molar-refractivity contribution in [2.24, 2.45) is 0 Å². The van der Waals surface area contributed by atoms with Crippen molar-refractivity contribution in [1.29, 1.82) is 0 Å². The van der Waals surface area contributed by atoms with Crippen molar-refractivity contribution in [3.8, 4) is 0 Å². The largest absolute Gasteiger partial charge is 0.469 e. The van der Waals surface area contributed by atoms with Crippen molar-refractivity contribution < 1.29 is 14.6 Å². The first-order valence-corrected chi connectivity index (χ1v) is 6.01. The summed E-state index contributed by atoms with van der Waals surface area (Å²) in [6, 6.07) is 11.5. The molecule has 0 atom stereocenters. The minimum Gasteiger partial charge on any atom is -0.469 e. The molecule has 1 aromatic carbocycles. The Balaban J connectivity index is 2.33. The first-order valence-electron chi connectivity index (χ1n) is 6.01. The van der Waals surface area contributed by atoms with Crippen LogP contribution in [0.1, 0.15) is 16.9 Å². The maximum absolute atomic E-state index is 9.70. The fourth-order valence-corrected chi connectivity index (χ4v) is 2.10. The molecule has 0 saturated carbocycles. The summed E-state index contributed by atoms with van der Waals surface area (Å²) in [6.07, 6.45) is 2.08. The van der Waals surface area contributed by atoms with Gasteiger partial charge in [-0.25, -0.2) is 0 Å². The average Bonchev–Trinajstić information content (AvgIpc) is 2.90. The molecule has 2 aromatic rings. The third-order valence-corrected chi connectivity index (χ3v) is 3.36. The lowest BCUT2D eigenvalue weighted by molar-refractivity contribution is 0.112. The normalized spacial score (nSPS) is 11.7. The van der Waals surface area contributed by atoms with E-state index in [2.05, 4.69) is 0 Å². The standard InChI is InChI=1S/C15H18O3/c1-12-4-6-13(7-5-12)15(10-16,11-17)9-14-3-2-8-18-14/h2-8,16-17H,9-11H2,1H3. The van der Waals surface area contributed by atoms with Crippen molar-refractivity contribution in [1.82, 2.24) is 0 Å². The second kappa shape index (κ2) is 5.38. The fraction of sp³-hybridized carbons (Fsp3) is 0.333. The summed E-state index contributed by atoms with van der Waals surface area (Å²) in [5.41, 5.74) is 1.39. The third-order valence-electron chi connectivity index (χ3n) is 3.36. The molecule has 0 unspecified atom stereocenters. The number of aliphatic hydroxyl groups excluding tert-OH is 2. The molecule has 2 rings (SSSR count). The second-order valence-electron chi connectivity index (χ2n) is 4.72. The van der Waals surface area contributed by atoms with Gasteiger partial charge in [-0.05, 0) is 24.6 Å². The van der Waals surface area contributed by atoms with Crippen LogP contribution < -0.4 is 0 Å². The molecule has 1 aromatic heterocycles. The molecule has 1 heterocycles. The number of aryl methyl sites for hydroxylation is 1. The van der Waals surface area contributed by atoms with Crippen LogP contribution in [0.15, 0.2) is 47.1 Å². The SMILES string of the molecule is Cc1ccc(C(CO)(CO)Cc2ccco2)cc1. The van der Waals surface area contributed by atoms with E-state index in [0.29, 0.717) is 6.42 Å². The molecule has 0 spiro atoms. The zero-order valence-corrected chi connectivity index (χ0v) is 10.5. The summed E-state index contributed by atoms with van der Waals surface area (Å²) < 4.78 is 5.32. The highest BCUT2D eigenvalue weighted by Gasteiger charge is 2.32. The van der Waals surface area contributed by atoms with E-state index >= 15 is 0 Å². The molecule has 0 aliphatic rings. The Labute approximate surface area is 107 Å². The molecular weight excluding hydrogens is 228 g/mol. The zero-order chi connectivity index (χ0) is 13.0. The molecule has 0 saturated heterocycles. The van der Waals surface area contributed by atoms with E-state index in [1.54, 1.807) is 6.26 Å². The Morgan fingerprint density at radius 1 is 1.06 bits per heavy atom. The van der Waals surface area contributed by atoms with Crippen molar-refractivity contribution >= 4 is 0 Å². The monoisotopic (exact) mass is 246 g/mol. The summed E-state index contributed by atoms with van der Waals surface area (Å²) in [5.74, 6) is 0.763. The number of furan rings is 1. The zero-order valence-electron chi connectivity index (χ0n) is 10.5. The number of rotatable bonds is 5. The first-order chi connectivity index (χ1) is 8.70. The summed E-state index contributed by atoms with van der Waals surface area (Å²) in [4.78, 5) is 0. The van der Waals surface area contributed by atoms with Crippen LogP contribution >= 0.6 is 0 Å². The van der Waals surface area contributed by atoms with E-state index in [9.17, 15) is 10.2 Å². The molecule has 0 fully saturated rings. The van der Waals surface area contributed by atoms with Gasteiger partial charge in [-0.15, -0.1) is 0 Å². The predicted molar refractivity (Wildman–Crippen MR) is 69.4 cm³/mol. The average molecular weight is 246 g/mol. The molecule has 0 radical (unpaired) electrons. The summed E-state index contributed by atoms with van der Waals surface area (Å²) in [7, 11) is 0. The topological polar surface area (TPSA) is 53.6 Å². The minimum atomic E-state index is -0.689. The van der Waals surface area contributed by atoms with E-state index in [1.807, 2.05) is 43.3 Å². The van der Waals surface area contributed by atoms with Crippen LogP contribution in [-0.4, -0.2) is 23.4 Å². The molecule has 3 nitrogen and oxygen atoms in total. The molecule has 18 heavy (non-hydrogen) atoms. The Morgan fingerprint density at radius 3 is 2.22 bits per heavy atom. The first kappa shape index (κ1) is 12.9. The smallest absolute Gasteiger partial charge is 0.104 e. The highest BCUT2D eigenvalue weighted by Crippen LogP contribution is 2.28. The number of hydrogen-bond donors (Lipinski definition) is 2. The van der Waals surface area contributed by atoms with Crippen LogP contribution in [0.5, 0.6) is 0 Å². The molecule has 0 bridgehead atoms. The van der Waals surface area contributed by atoms with Crippen molar-refractivity contribution in [3.05, 3.63) is 59.5 Å². The Morgan fingerprint density at radius 2 is 1.72 bits per heavy atom. The van der Waals surface area contributed by atoms with Gasteiger partial charge < -0.3 is 14.6 Å². The van der Waals surface area contributed by atoms with Gasteiger partial charge in [0.1, 0.15) is 5.76 Å². The molecule has 3 heteroatoms. The van der Waals surface area contributed by atoms with Gasteiger partial charge in [0.25, 0.3) is 0 Å². The van der Waals surface area contributed by atoms with E-state index in [-0.39, 0.29) is 13.2 Å². The maximum Gasteiger partial charge on any atom is 0.104 e. The van der Waals surface area contributed by atoms with Gasteiger partial charge in [-0.2, -0.15) is 0 Å². The van der Waals surface area contributed by atoms with Gasteiger partial charge in [-0.1, -0.05) is 29.8 Å². The van der Waals surface area contributed by atoms with Crippen molar-refractivity contribution in [2.45, 2.75) is 18.8 Å². The molecule has 2 N–H and O–H groups in total. The third kappa shape index (κ3) is 2.47. The molecule has 0 aliphatic heterocycles. The molecule has 0 aliphatic carbocycles. The van der Waals surface area contributed by atoms with Crippen LogP contribution in [0.4, 0.5) is 0 Å². The van der Waals surface area contributed by atoms with Gasteiger partial charge in [0.05, 0.1) is 19.5 Å². The Bertz CT molecular complexity index is 467. The maximum atomic E-state index is 9.70. The lowest BCUT2D eigenvalue weighted by atomic mass is 9.78. The number of aliphatic hydroxyl groups is 2. The molecular formula is C15H18O3. The van der Waals surface area contributed by atoms with E-state index in [0.717, 1.165) is 16.9 Å².